The smallest absolute Gasteiger partial charge is 0.358 e. The van der Waals surface area contributed by atoms with Crippen LogP contribution in [0.3, 0.4) is 0 Å². The summed E-state index contributed by atoms with van der Waals surface area (Å²) in [6, 6.07) is 1.98. The highest BCUT2D eigenvalue weighted by Crippen LogP contribution is 2.21. The SMILES string of the molecule is Cc1c(C(=O)O)nnn1Cc1csc(Br)c1. The molecule has 2 rings (SSSR count). The minimum absolute atomic E-state index is 0.00861. The van der Waals surface area contributed by atoms with Crippen molar-refractivity contribution in [3.63, 3.8) is 0 Å². The summed E-state index contributed by atoms with van der Waals surface area (Å²) in [6.07, 6.45) is 0. The summed E-state index contributed by atoms with van der Waals surface area (Å²) in [7, 11) is 0. The van der Waals surface area contributed by atoms with Gasteiger partial charge in [0, 0.05) is 0 Å². The zero-order valence-electron chi connectivity index (χ0n) is 8.35. The van der Waals surface area contributed by atoms with Crippen LogP contribution in [0.4, 0.5) is 0 Å². The Morgan fingerprint density at radius 1 is 1.69 bits per heavy atom. The van der Waals surface area contributed by atoms with Crippen molar-refractivity contribution in [2.45, 2.75) is 13.5 Å². The van der Waals surface area contributed by atoms with Crippen LogP contribution >= 0.6 is 27.3 Å². The summed E-state index contributed by atoms with van der Waals surface area (Å²) in [5.41, 5.74) is 1.64. The van der Waals surface area contributed by atoms with E-state index >= 15 is 0 Å². The molecule has 0 spiro atoms. The number of carbonyl (C=O) groups is 1. The molecule has 0 fully saturated rings. The highest BCUT2D eigenvalue weighted by atomic mass is 79.9. The molecule has 0 unspecified atom stereocenters. The first-order valence-electron chi connectivity index (χ1n) is 4.44. The Morgan fingerprint density at radius 3 is 2.94 bits per heavy atom. The number of hydrogen-bond acceptors (Lipinski definition) is 4. The molecule has 0 aliphatic heterocycles. The summed E-state index contributed by atoms with van der Waals surface area (Å²) in [4.78, 5) is 10.8. The Kier molecular flexibility index (Phi) is 3.06. The molecule has 1 N–H and O–H groups in total. The van der Waals surface area contributed by atoms with Gasteiger partial charge in [0.1, 0.15) is 0 Å². The number of halogens is 1. The first kappa shape index (κ1) is 11.3. The average molecular weight is 302 g/mol. The Morgan fingerprint density at radius 2 is 2.44 bits per heavy atom. The van der Waals surface area contributed by atoms with Gasteiger partial charge in [-0.2, -0.15) is 0 Å². The molecule has 7 heteroatoms. The van der Waals surface area contributed by atoms with Crippen molar-refractivity contribution in [3.8, 4) is 0 Å². The lowest BCUT2D eigenvalue weighted by Crippen LogP contribution is -2.05. The second-order valence-corrected chi connectivity index (χ2v) is 5.54. The van der Waals surface area contributed by atoms with Crippen LogP contribution < -0.4 is 0 Å². The minimum atomic E-state index is -1.05. The molecule has 0 bridgehead atoms. The number of thiophene rings is 1. The Hall–Kier alpha value is -1.21. The van der Waals surface area contributed by atoms with E-state index in [1.54, 1.807) is 22.9 Å². The highest BCUT2D eigenvalue weighted by Gasteiger charge is 2.15. The minimum Gasteiger partial charge on any atom is -0.476 e. The third-order valence-electron chi connectivity index (χ3n) is 2.14. The Labute approximate surface area is 104 Å². The molecule has 16 heavy (non-hydrogen) atoms. The van der Waals surface area contributed by atoms with E-state index in [-0.39, 0.29) is 5.69 Å². The van der Waals surface area contributed by atoms with Crippen molar-refractivity contribution >= 4 is 33.2 Å². The molecule has 0 aromatic carbocycles. The van der Waals surface area contributed by atoms with Crippen LogP contribution in [-0.4, -0.2) is 26.1 Å². The number of rotatable bonds is 3. The molecule has 0 amide bonds. The van der Waals surface area contributed by atoms with Gasteiger partial charge in [-0.15, -0.1) is 16.4 Å². The number of hydrogen-bond donors (Lipinski definition) is 1. The number of aromatic nitrogens is 3. The van der Waals surface area contributed by atoms with Gasteiger partial charge in [0.05, 0.1) is 16.0 Å². The topological polar surface area (TPSA) is 68.0 Å². The molecule has 2 aromatic rings. The molecule has 2 aromatic heterocycles. The van der Waals surface area contributed by atoms with E-state index in [4.69, 9.17) is 5.11 Å². The van der Waals surface area contributed by atoms with Crippen molar-refractivity contribution in [2.24, 2.45) is 0 Å². The van der Waals surface area contributed by atoms with Crippen LogP contribution in [0.25, 0.3) is 0 Å². The van der Waals surface area contributed by atoms with Gasteiger partial charge < -0.3 is 5.11 Å². The van der Waals surface area contributed by atoms with Gasteiger partial charge in [-0.25, -0.2) is 9.48 Å². The van der Waals surface area contributed by atoms with Crippen molar-refractivity contribution in [1.82, 2.24) is 15.0 Å². The number of nitrogens with zero attached hydrogens (tertiary/aromatic N) is 3. The van der Waals surface area contributed by atoms with Crippen LogP contribution in [-0.2, 0) is 6.54 Å². The van der Waals surface area contributed by atoms with Gasteiger partial charge in [-0.1, -0.05) is 5.21 Å². The summed E-state index contributed by atoms with van der Waals surface area (Å²) < 4.78 is 2.62. The van der Waals surface area contributed by atoms with Gasteiger partial charge in [0.15, 0.2) is 5.69 Å². The zero-order chi connectivity index (χ0) is 11.7. The van der Waals surface area contributed by atoms with E-state index in [0.717, 1.165) is 9.35 Å². The first-order chi connectivity index (χ1) is 7.58. The third-order valence-corrected chi connectivity index (χ3v) is 3.69. The van der Waals surface area contributed by atoms with Crippen molar-refractivity contribution < 1.29 is 9.90 Å². The lowest BCUT2D eigenvalue weighted by Gasteiger charge is -2.00. The first-order valence-corrected chi connectivity index (χ1v) is 6.11. The average Bonchev–Trinajstić information content (AvgIpc) is 2.76. The molecule has 5 nitrogen and oxygen atoms in total. The summed E-state index contributed by atoms with van der Waals surface area (Å²) in [5.74, 6) is -1.05. The quantitative estimate of drug-likeness (QED) is 0.943. The molecule has 0 saturated heterocycles. The standard InChI is InChI=1S/C9H8BrN3O2S/c1-5-8(9(14)15)11-12-13(5)3-6-2-7(10)16-4-6/h2,4H,3H2,1H3,(H,14,15). The maximum atomic E-state index is 10.8. The second-order valence-electron chi connectivity index (χ2n) is 3.25. The highest BCUT2D eigenvalue weighted by molar-refractivity contribution is 9.11. The van der Waals surface area contributed by atoms with Crippen LogP contribution in [0.15, 0.2) is 15.2 Å². The molecule has 84 valence electrons. The molecule has 0 radical (unpaired) electrons. The van der Waals surface area contributed by atoms with Gasteiger partial charge in [0.2, 0.25) is 0 Å². The maximum absolute atomic E-state index is 10.8. The molecule has 0 aliphatic rings. The fourth-order valence-corrected chi connectivity index (χ4v) is 2.51. The van der Waals surface area contributed by atoms with E-state index < -0.39 is 5.97 Å². The summed E-state index contributed by atoms with van der Waals surface area (Å²) in [5, 5.41) is 18.3. The fraction of sp³-hybridized carbons (Fsp3) is 0.222. The van der Waals surface area contributed by atoms with Crippen molar-refractivity contribution in [3.05, 3.63) is 32.2 Å². The van der Waals surface area contributed by atoms with E-state index in [9.17, 15) is 4.79 Å². The normalized spacial score (nSPS) is 10.6. The van der Waals surface area contributed by atoms with Crippen LogP contribution in [0.5, 0.6) is 0 Å². The van der Waals surface area contributed by atoms with Gasteiger partial charge in [-0.05, 0) is 39.9 Å². The molecular weight excluding hydrogens is 294 g/mol. The molecule has 0 atom stereocenters. The van der Waals surface area contributed by atoms with Crippen LogP contribution in [0.1, 0.15) is 21.7 Å². The number of aromatic carboxylic acids is 1. The second kappa shape index (κ2) is 4.34. The Balaban J connectivity index is 2.25. The van der Waals surface area contributed by atoms with Crippen molar-refractivity contribution in [2.75, 3.05) is 0 Å². The number of carboxylic acids is 1. The number of carboxylic acid groups (broad SMARTS) is 1. The molecule has 0 saturated carbocycles. The fourth-order valence-electron chi connectivity index (χ4n) is 1.31. The largest absolute Gasteiger partial charge is 0.476 e. The van der Waals surface area contributed by atoms with Crippen LogP contribution in [0.2, 0.25) is 0 Å². The monoisotopic (exact) mass is 301 g/mol. The third kappa shape index (κ3) is 2.14. The van der Waals surface area contributed by atoms with Crippen LogP contribution in [0, 0.1) is 6.92 Å². The zero-order valence-corrected chi connectivity index (χ0v) is 10.7. The van der Waals surface area contributed by atoms with Gasteiger partial charge in [-0.3, -0.25) is 0 Å². The molecule has 2 heterocycles. The molecular formula is C9H8BrN3O2S. The predicted molar refractivity (Wildman–Crippen MR) is 62.8 cm³/mol. The lowest BCUT2D eigenvalue weighted by molar-refractivity contribution is 0.0689. The van der Waals surface area contributed by atoms with Crippen molar-refractivity contribution in [1.29, 1.82) is 0 Å². The predicted octanol–water partition coefficient (Wildman–Crippen LogP) is 2.16. The Bertz CT molecular complexity index is 535. The van der Waals surface area contributed by atoms with E-state index in [1.165, 1.54) is 0 Å². The maximum Gasteiger partial charge on any atom is 0.358 e. The molecule has 0 aliphatic carbocycles. The van der Waals surface area contributed by atoms with E-state index in [0.29, 0.717) is 12.2 Å². The van der Waals surface area contributed by atoms with E-state index in [2.05, 4.69) is 26.2 Å². The van der Waals surface area contributed by atoms with E-state index in [1.807, 2.05) is 11.4 Å². The van der Waals surface area contributed by atoms with Gasteiger partial charge >= 0.3 is 5.97 Å². The summed E-state index contributed by atoms with van der Waals surface area (Å²) >= 11 is 4.95. The lowest BCUT2D eigenvalue weighted by atomic mass is 10.3. The van der Waals surface area contributed by atoms with Gasteiger partial charge in [0.25, 0.3) is 0 Å². The summed E-state index contributed by atoms with van der Waals surface area (Å²) in [6.45, 7) is 2.24.